The minimum absolute atomic E-state index is 0.254. The number of aromatic amines is 1. The highest BCUT2D eigenvalue weighted by Crippen LogP contribution is 2.24. The zero-order valence-electron chi connectivity index (χ0n) is 10.4. The molecular formula is C13H9ClN4O2. The van der Waals surface area contributed by atoms with Crippen molar-refractivity contribution in [1.82, 2.24) is 20.2 Å². The van der Waals surface area contributed by atoms with Gasteiger partial charge in [0, 0.05) is 5.56 Å². The van der Waals surface area contributed by atoms with Gasteiger partial charge in [-0.05, 0) is 24.6 Å². The Kier molecular flexibility index (Phi) is 2.87. The molecule has 3 rings (SSSR count). The summed E-state index contributed by atoms with van der Waals surface area (Å²) < 4.78 is 0. The molecule has 0 saturated carbocycles. The smallest absolute Gasteiger partial charge is 0.335 e. The quantitative estimate of drug-likeness (QED) is 0.707. The number of rotatable bonds is 2. The summed E-state index contributed by atoms with van der Waals surface area (Å²) in [6.45, 7) is 1.73. The van der Waals surface area contributed by atoms with Gasteiger partial charge < -0.3 is 5.11 Å². The Balaban J connectivity index is 2.15. The zero-order valence-corrected chi connectivity index (χ0v) is 11.1. The number of aryl methyl sites for hydroxylation is 1. The first kappa shape index (κ1) is 12.6. The van der Waals surface area contributed by atoms with E-state index in [1.54, 1.807) is 25.3 Å². The third kappa shape index (κ3) is 2.00. The lowest BCUT2D eigenvalue weighted by Gasteiger charge is -2.05. The second kappa shape index (κ2) is 4.57. The number of carbonyl (C=O) groups is 1. The van der Waals surface area contributed by atoms with E-state index in [-0.39, 0.29) is 10.7 Å². The zero-order chi connectivity index (χ0) is 14.3. The number of halogens is 1. The lowest BCUT2D eigenvalue weighted by atomic mass is 10.0. The van der Waals surface area contributed by atoms with Gasteiger partial charge >= 0.3 is 5.97 Å². The van der Waals surface area contributed by atoms with Crippen LogP contribution in [0.4, 0.5) is 0 Å². The van der Waals surface area contributed by atoms with Gasteiger partial charge in [0.1, 0.15) is 11.0 Å². The van der Waals surface area contributed by atoms with Gasteiger partial charge in [-0.1, -0.05) is 17.7 Å². The standard InChI is InChI=1S/C13H9ClN4O2/c1-6-4-7(2-3-8(6)13(19)20)12-16-9-5-15-18-10(9)11(14)17-12/h2-5H,1H3,(H,15,18)(H,19,20). The number of aromatic carboxylic acids is 1. The summed E-state index contributed by atoms with van der Waals surface area (Å²) in [7, 11) is 0. The molecule has 0 saturated heterocycles. The van der Waals surface area contributed by atoms with Crippen LogP contribution in [0.2, 0.25) is 5.15 Å². The van der Waals surface area contributed by atoms with E-state index in [0.717, 1.165) is 0 Å². The van der Waals surface area contributed by atoms with Crippen LogP contribution in [0.1, 0.15) is 15.9 Å². The third-order valence-electron chi connectivity index (χ3n) is 2.97. The summed E-state index contributed by atoms with van der Waals surface area (Å²) in [5.41, 5.74) is 2.79. The summed E-state index contributed by atoms with van der Waals surface area (Å²) in [4.78, 5) is 19.5. The number of carboxylic acid groups (broad SMARTS) is 1. The van der Waals surface area contributed by atoms with Crippen molar-refractivity contribution in [3.8, 4) is 11.4 Å². The molecule has 0 fully saturated rings. The lowest BCUT2D eigenvalue weighted by Crippen LogP contribution is -2.00. The Morgan fingerprint density at radius 3 is 2.85 bits per heavy atom. The lowest BCUT2D eigenvalue weighted by molar-refractivity contribution is 0.0696. The predicted octanol–water partition coefficient (Wildman–Crippen LogP) is 2.68. The van der Waals surface area contributed by atoms with Gasteiger partial charge in [0.25, 0.3) is 0 Å². The second-order valence-electron chi connectivity index (χ2n) is 4.30. The van der Waals surface area contributed by atoms with Crippen LogP contribution in [-0.2, 0) is 0 Å². The van der Waals surface area contributed by atoms with Crippen LogP contribution in [-0.4, -0.2) is 31.2 Å². The van der Waals surface area contributed by atoms with Crippen LogP contribution < -0.4 is 0 Å². The van der Waals surface area contributed by atoms with Crippen LogP contribution in [0.15, 0.2) is 24.4 Å². The van der Waals surface area contributed by atoms with Gasteiger partial charge in [0.15, 0.2) is 11.0 Å². The van der Waals surface area contributed by atoms with E-state index in [4.69, 9.17) is 16.7 Å². The molecule has 1 aromatic carbocycles. The van der Waals surface area contributed by atoms with E-state index < -0.39 is 5.97 Å². The van der Waals surface area contributed by atoms with Gasteiger partial charge in [0.05, 0.1) is 11.8 Å². The van der Waals surface area contributed by atoms with E-state index in [0.29, 0.717) is 28.0 Å². The molecule has 2 aromatic heterocycles. The predicted molar refractivity (Wildman–Crippen MR) is 73.8 cm³/mol. The number of hydrogen-bond acceptors (Lipinski definition) is 4. The van der Waals surface area contributed by atoms with Crippen molar-refractivity contribution in [3.05, 3.63) is 40.7 Å². The maximum atomic E-state index is 11.0. The summed E-state index contributed by atoms with van der Waals surface area (Å²) in [6.07, 6.45) is 1.56. The van der Waals surface area contributed by atoms with E-state index in [2.05, 4.69) is 20.2 Å². The van der Waals surface area contributed by atoms with Crippen LogP contribution in [0.3, 0.4) is 0 Å². The molecule has 2 N–H and O–H groups in total. The van der Waals surface area contributed by atoms with Crippen LogP contribution in [0.25, 0.3) is 22.4 Å². The maximum Gasteiger partial charge on any atom is 0.335 e. The Bertz CT molecular complexity index is 828. The highest BCUT2D eigenvalue weighted by Gasteiger charge is 2.12. The normalized spacial score (nSPS) is 10.9. The molecule has 0 amide bonds. The molecular weight excluding hydrogens is 280 g/mol. The molecule has 6 nitrogen and oxygen atoms in total. The average molecular weight is 289 g/mol. The highest BCUT2D eigenvalue weighted by atomic mass is 35.5. The third-order valence-corrected chi connectivity index (χ3v) is 3.24. The second-order valence-corrected chi connectivity index (χ2v) is 4.66. The number of carboxylic acids is 1. The molecule has 7 heteroatoms. The number of hydrogen-bond donors (Lipinski definition) is 2. The Hall–Kier alpha value is -2.47. The summed E-state index contributed by atoms with van der Waals surface area (Å²) in [6, 6.07) is 4.92. The molecule has 3 aromatic rings. The minimum atomic E-state index is -0.960. The molecule has 2 heterocycles. The number of fused-ring (bicyclic) bond motifs is 1. The molecule has 0 aliphatic rings. The van der Waals surface area contributed by atoms with Gasteiger partial charge in [0.2, 0.25) is 0 Å². The largest absolute Gasteiger partial charge is 0.478 e. The first-order chi connectivity index (χ1) is 9.56. The van der Waals surface area contributed by atoms with E-state index in [1.807, 2.05) is 0 Å². The fourth-order valence-corrected chi connectivity index (χ4v) is 2.20. The van der Waals surface area contributed by atoms with E-state index >= 15 is 0 Å². The summed E-state index contributed by atoms with van der Waals surface area (Å²) in [5.74, 6) is -0.526. The topological polar surface area (TPSA) is 91.8 Å². The number of H-pyrrole nitrogens is 1. The number of nitrogens with one attached hydrogen (secondary N) is 1. The molecule has 0 bridgehead atoms. The molecule has 0 aliphatic heterocycles. The van der Waals surface area contributed by atoms with Crippen molar-refractivity contribution in [2.24, 2.45) is 0 Å². The molecule has 0 atom stereocenters. The first-order valence-corrected chi connectivity index (χ1v) is 6.15. The molecule has 0 aliphatic carbocycles. The first-order valence-electron chi connectivity index (χ1n) is 5.77. The van der Waals surface area contributed by atoms with E-state index in [1.165, 1.54) is 6.07 Å². The van der Waals surface area contributed by atoms with Gasteiger partial charge in [-0.3, -0.25) is 5.10 Å². The van der Waals surface area contributed by atoms with Crippen molar-refractivity contribution in [2.45, 2.75) is 6.92 Å². The number of nitrogens with zero attached hydrogens (tertiary/aromatic N) is 3. The van der Waals surface area contributed by atoms with Gasteiger partial charge in [-0.25, -0.2) is 14.8 Å². The minimum Gasteiger partial charge on any atom is -0.478 e. The fourth-order valence-electron chi connectivity index (χ4n) is 1.98. The van der Waals surface area contributed by atoms with Crippen LogP contribution in [0.5, 0.6) is 0 Å². The Morgan fingerprint density at radius 2 is 2.15 bits per heavy atom. The van der Waals surface area contributed by atoms with Crippen molar-refractivity contribution in [3.63, 3.8) is 0 Å². The maximum absolute atomic E-state index is 11.0. The van der Waals surface area contributed by atoms with E-state index in [9.17, 15) is 4.79 Å². The molecule has 0 radical (unpaired) electrons. The fraction of sp³-hybridized carbons (Fsp3) is 0.0769. The monoisotopic (exact) mass is 288 g/mol. The Morgan fingerprint density at radius 1 is 1.35 bits per heavy atom. The van der Waals surface area contributed by atoms with Crippen molar-refractivity contribution in [1.29, 1.82) is 0 Å². The van der Waals surface area contributed by atoms with Gasteiger partial charge in [-0.15, -0.1) is 0 Å². The molecule has 0 unspecified atom stereocenters. The highest BCUT2D eigenvalue weighted by molar-refractivity contribution is 6.33. The molecule has 20 heavy (non-hydrogen) atoms. The van der Waals surface area contributed by atoms with Crippen LogP contribution >= 0.6 is 11.6 Å². The van der Waals surface area contributed by atoms with Crippen molar-refractivity contribution in [2.75, 3.05) is 0 Å². The molecule has 0 spiro atoms. The van der Waals surface area contributed by atoms with Crippen molar-refractivity contribution >= 4 is 28.6 Å². The average Bonchev–Trinajstić information content (AvgIpc) is 2.87. The van der Waals surface area contributed by atoms with Gasteiger partial charge in [-0.2, -0.15) is 5.10 Å². The number of aromatic nitrogens is 4. The Labute approximate surface area is 118 Å². The van der Waals surface area contributed by atoms with Crippen LogP contribution in [0, 0.1) is 6.92 Å². The summed E-state index contributed by atoms with van der Waals surface area (Å²) in [5, 5.41) is 15.9. The van der Waals surface area contributed by atoms with Crippen molar-refractivity contribution < 1.29 is 9.90 Å². The summed E-state index contributed by atoms with van der Waals surface area (Å²) >= 11 is 6.06. The molecule has 100 valence electrons. The number of benzene rings is 1. The SMILES string of the molecule is Cc1cc(-c2nc(Cl)c3[nH]ncc3n2)ccc1C(=O)O.